The van der Waals surface area contributed by atoms with Crippen LogP contribution in [0, 0.1) is 6.92 Å². The number of hydrogen-bond donors (Lipinski definition) is 0. The van der Waals surface area contributed by atoms with Gasteiger partial charge in [-0.05, 0) is 200 Å². The molecule has 0 unspecified atom stereocenters. The van der Waals surface area contributed by atoms with Gasteiger partial charge in [0.25, 0.3) is 0 Å². The van der Waals surface area contributed by atoms with Crippen LogP contribution >= 0.6 is 0 Å². The van der Waals surface area contributed by atoms with Gasteiger partial charge in [0, 0.05) is 16.3 Å². The number of rotatable bonds is 24. The van der Waals surface area contributed by atoms with Gasteiger partial charge < -0.3 is 9.47 Å². The van der Waals surface area contributed by atoms with Gasteiger partial charge in [0.2, 0.25) is 0 Å². The highest BCUT2D eigenvalue weighted by atomic mass is 19.4. The summed E-state index contributed by atoms with van der Waals surface area (Å²) in [4.78, 5) is 27.0. The van der Waals surface area contributed by atoms with E-state index >= 15 is 0 Å². The van der Waals surface area contributed by atoms with Crippen LogP contribution in [0.3, 0.4) is 0 Å². The number of hydrogen-bond acceptors (Lipinski definition) is 4. The number of carbonyl (C=O) groups is 2. The van der Waals surface area contributed by atoms with Crippen LogP contribution in [-0.2, 0) is 18.8 Å². The molecule has 4 aromatic carbocycles. The lowest BCUT2D eigenvalue weighted by molar-refractivity contribution is -0.138. The second-order valence-electron chi connectivity index (χ2n) is 19.3. The van der Waals surface area contributed by atoms with Crippen molar-refractivity contribution < 1.29 is 45.4 Å². The Labute approximate surface area is 424 Å². The van der Waals surface area contributed by atoms with Gasteiger partial charge in [-0.1, -0.05) is 106 Å². The van der Waals surface area contributed by atoms with Gasteiger partial charge in [0.15, 0.2) is 0 Å². The molecule has 0 saturated carbocycles. The number of carbonyl (C=O) groups excluding carboxylic acids is 2. The zero-order valence-corrected chi connectivity index (χ0v) is 43.6. The van der Waals surface area contributed by atoms with Crippen LogP contribution in [0.2, 0.25) is 0 Å². The largest absolute Gasteiger partial charge is 0.422 e. The van der Waals surface area contributed by atoms with Crippen molar-refractivity contribution in [3.63, 3.8) is 0 Å². The quantitative estimate of drug-likeness (QED) is 0.0304. The Morgan fingerprint density at radius 3 is 1.07 bits per heavy atom. The average Bonchev–Trinajstić information content (AvgIpc) is 3.32. The Kier molecular flexibility index (Phi) is 22.9. The van der Waals surface area contributed by atoms with Gasteiger partial charge in [0.1, 0.15) is 11.5 Å². The molecule has 10 heteroatoms. The molecule has 4 nitrogen and oxygen atoms in total. The lowest BCUT2D eigenvalue weighted by Gasteiger charge is -2.20. The summed E-state index contributed by atoms with van der Waals surface area (Å²) in [5.74, 6) is -1.50. The highest BCUT2D eigenvalue weighted by molar-refractivity contribution is 6.02. The van der Waals surface area contributed by atoms with E-state index in [-0.39, 0.29) is 29.0 Å². The Balaban J connectivity index is 1.38. The fraction of sp³-hybridized carbons (Fsp3) is 0.387. The number of halogens is 6. The number of alkyl halides is 6. The van der Waals surface area contributed by atoms with Crippen molar-refractivity contribution in [3.05, 3.63) is 188 Å². The summed E-state index contributed by atoms with van der Waals surface area (Å²) in [6.07, 6.45) is 19.2. The molecule has 0 aliphatic rings. The molecule has 0 atom stereocenters. The minimum Gasteiger partial charge on any atom is -0.422 e. The van der Waals surface area contributed by atoms with Crippen LogP contribution in [0.25, 0.3) is 10.8 Å². The third-order valence-corrected chi connectivity index (χ3v) is 12.7. The SMILES string of the molecule is CC(C)=CCC/C(C)=C/CC/C(C)=C/CC/C(C)=C/CC/C(C)=C/CC/C(C)=C/CC/C(C)=C/Cc1c(C)c(OC(=O)c2ccc(C(F)(F)F)cc2)c2ccccc2c1OC(=O)c1ccc(C(F)(F)F)cc1. The normalized spacial score (nSPS) is 13.4. The first kappa shape index (κ1) is 58.4. The van der Waals surface area contributed by atoms with Crippen molar-refractivity contribution in [2.45, 2.75) is 158 Å². The predicted octanol–water partition coefficient (Wildman–Crippen LogP) is 19.5. The molecule has 0 radical (unpaired) electrons. The third kappa shape index (κ3) is 19.5. The molecule has 0 bridgehead atoms. The van der Waals surface area contributed by atoms with E-state index in [1.54, 1.807) is 31.2 Å². The lowest BCUT2D eigenvalue weighted by Crippen LogP contribution is -2.14. The van der Waals surface area contributed by atoms with Crippen molar-refractivity contribution >= 4 is 22.7 Å². The molecular formula is C62H72F6O4. The highest BCUT2D eigenvalue weighted by Crippen LogP contribution is 2.42. The van der Waals surface area contributed by atoms with Crippen LogP contribution in [0.1, 0.15) is 175 Å². The topological polar surface area (TPSA) is 52.6 Å². The second-order valence-corrected chi connectivity index (χ2v) is 19.3. The minimum atomic E-state index is -4.59. The molecule has 0 spiro atoms. The molecule has 386 valence electrons. The van der Waals surface area contributed by atoms with Crippen molar-refractivity contribution in [3.8, 4) is 11.5 Å². The zero-order valence-electron chi connectivity index (χ0n) is 43.6. The first-order valence-corrected chi connectivity index (χ1v) is 24.9. The standard InChI is InChI=1S/C62H72F6O4/c1-42(2)18-12-19-43(3)20-13-21-44(4)22-14-23-45(5)24-15-25-46(6)26-16-27-47(7)28-17-29-48(8)32-41-54-49(9)57(71-59(69)50-33-37-52(38-34-50)61(63,64)65)55-30-10-11-31-56(55)58(54)72-60(70)51-35-39-53(40-36-51)62(66,67)68/h10-11,18,20,22,24,26,28,30-40H,12-17,19,21,23,25,27,29,41H2,1-9H3/b43-20+,44-22+,45-24+,46-26+,47-28+,48-32+. The van der Waals surface area contributed by atoms with Crippen LogP contribution in [-0.4, -0.2) is 11.9 Å². The molecular weight excluding hydrogens is 923 g/mol. The van der Waals surface area contributed by atoms with Crippen molar-refractivity contribution in [1.29, 1.82) is 0 Å². The average molecular weight is 995 g/mol. The summed E-state index contributed by atoms with van der Waals surface area (Å²) < 4.78 is 91.7. The zero-order chi connectivity index (χ0) is 53.0. The van der Waals surface area contributed by atoms with E-state index in [4.69, 9.17) is 9.47 Å². The number of ether oxygens (including phenoxy) is 2. The molecule has 72 heavy (non-hydrogen) atoms. The molecule has 4 aromatic rings. The van der Waals surface area contributed by atoms with E-state index in [1.807, 2.05) is 13.0 Å². The summed E-state index contributed by atoms with van der Waals surface area (Å²) in [6.45, 7) is 19.0. The fourth-order valence-corrected chi connectivity index (χ4v) is 8.15. The summed E-state index contributed by atoms with van der Waals surface area (Å²) in [5.41, 5.74) is 8.36. The van der Waals surface area contributed by atoms with Crippen molar-refractivity contribution in [2.24, 2.45) is 0 Å². The molecule has 0 N–H and O–H groups in total. The molecule has 0 aliphatic carbocycles. The fourth-order valence-electron chi connectivity index (χ4n) is 8.15. The van der Waals surface area contributed by atoms with E-state index in [1.165, 1.54) is 33.4 Å². The number of fused-ring (bicyclic) bond motifs is 1. The van der Waals surface area contributed by atoms with Gasteiger partial charge in [-0.2, -0.15) is 26.3 Å². The molecule has 0 aromatic heterocycles. The lowest BCUT2D eigenvalue weighted by atomic mass is 9.95. The number of benzene rings is 4. The first-order valence-electron chi connectivity index (χ1n) is 24.9. The molecule has 0 amide bonds. The van der Waals surface area contributed by atoms with Gasteiger partial charge in [-0.3, -0.25) is 0 Å². The number of allylic oxidation sites excluding steroid dienone is 14. The smallest absolute Gasteiger partial charge is 0.416 e. The van der Waals surface area contributed by atoms with Crippen LogP contribution < -0.4 is 9.47 Å². The Hall–Kier alpha value is -6.16. The maximum Gasteiger partial charge on any atom is 0.416 e. The van der Waals surface area contributed by atoms with Crippen LogP contribution in [0.4, 0.5) is 26.3 Å². The molecule has 0 aliphatic heterocycles. The molecule has 4 rings (SSSR count). The van der Waals surface area contributed by atoms with Crippen LogP contribution in [0.5, 0.6) is 11.5 Å². The van der Waals surface area contributed by atoms with Gasteiger partial charge in [-0.25, -0.2) is 9.59 Å². The Morgan fingerprint density at radius 1 is 0.431 bits per heavy atom. The Bertz CT molecular complexity index is 2680. The van der Waals surface area contributed by atoms with Crippen molar-refractivity contribution in [2.75, 3.05) is 0 Å². The van der Waals surface area contributed by atoms with Gasteiger partial charge >= 0.3 is 24.3 Å². The minimum absolute atomic E-state index is 0.101. The molecule has 0 saturated heterocycles. The maximum absolute atomic E-state index is 13.6. The predicted molar refractivity (Wildman–Crippen MR) is 283 cm³/mol. The van der Waals surface area contributed by atoms with Crippen molar-refractivity contribution in [1.82, 2.24) is 0 Å². The highest BCUT2D eigenvalue weighted by Gasteiger charge is 2.32. The second kappa shape index (κ2) is 28.2. The summed E-state index contributed by atoms with van der Waals surface area (Å²) >= 11 is 0. The van der Waals surface area contributed by atoms with E-state index < -0.39 is 35.4 Å². The Morgan fingerprint density at radius 2 is 0.736 bits per heavy atom. The van der Waals surface area contributed by atoms with Gasteiger partial charge in [-0.15, -0.1) is 0 Å². The summed E-state index contributed by atoms with van der Waals surface area (Å²) in [6, 6.07) is 14.1. The summed E-state index contributed by atoms with van der Waals surface area (Å²) in [7, 11) is 0. The van der Waals surface area contributed by atoms with E-state index in [0.717, 1.165) is 131 Å². The maximum atomic E-state index is 13.6. The monoisotopic (exact) mass is 995 g/mol. The number of esters is 2. The van der Waals surface area contributed by atoms with E-state index in [9.17, 15) is 35.9 Å². The first-order chi connectivity index (χ1) is 34.0. The molecule has 0 heterocycles. The third-order valence-electron chi connectivity index (χ3n) is 12.7. The molecule has 0 fully saturated rings. The van der Waals surface area contributed by atoms with E-state index in [2.05, 4.69) is 84.9 Å². The van der Waals surface area contributed by atoms with Gasteiger partial charge in [0.05, 0.1) is 22.3 Å². The summed E-state index contributed by atoms with van der Waals surface area (Å²) in [5, 5.41) is 0.770. The van der Waals surface area contributed by atoms with Crippen LogP contribution in [0.15, 0.2) is 154 Å². The van der Waals surface area contributed by atoms with E-state index in [0.29, 0.717) is 21.9 Å².